The van der Waals surface area contributed by atoms with Crippen molar-refractivity contribution in [1.29, 1.82) is 0 Å². The molecule has 2 aromatic heterocycles. The van der Waals surface area contributed by atoms with Crippen LogP contribution in [-0.2, 0) is 9.59 Å². The summed E-state index contributed by atoms with van der Waals surface area (Å²) in [7, 11) is 0. The molecule has 0 aliphatic carbocycles. The van der Waals surface area contributed by atoms with Gasteiger partial charge in [0.2, 0.25) is 11.8 Å². The molecule has 8 nitrogen and oxygen atoms in total. The molecule has 2 N–H and O–H groups in total. The summed E-state index contributed by atoms with van der Waals surface area (Å²) in [4.78, 5) is 30.0. The molecule has 158 valence electrons. The third kappa shape index (κ3) is 5.22. The molecule has 1 aliphatic heterocycles. The normalized spacial score (nSPS) is 15.9. The van der Waals surface area contributed by atoms with Crippen LogP contribution in [0.3, 0.4) is 0 Å². The number of rotatable bonds is 5. The molecule has 1 aliphatic rings. The maximum atomic E-state index is 12.8. The van der Waals surface area contributed by atoms with Crippen molar-refractivity contribution in [3.05, 3.63) is 60.9 Å². The van der Waals surface area contributed by atoms with E-state index in [2.05, 4.69) is 30.7 Å². The quantitative estimate of drug-likeness (QED) is 0.662. The van der Waals surface area contributed by atoms with Crippen LogP contribution in [0.1, 0.15) is 19.8 Å². The molecule has 0 spiro atoms. The Labute approximate surface area is 180 Å². The van der Waals surface area contributed by atoms with Crippen molar-refractivity contribution in [1.82, 2.24) is 15.2 Å². The maximum Gasteiger partial charge on any atom is 0.229 e. The minimum absolute atomic E-state index is 0.0154. The average molecular weight is 416 g/mol. The van der Waals surface area contributed by atoms with Gasteiger partial charge in [0.15, 0.2) is 5.82 Å². The van der Waals surface area contributed by atoms with Crippen molar-refractivity contribution < 1.29 is 9.59 Å². The first kappa shape index (κ1) is 20.5. The summed E-state index contributed by atoms with van der Waals surface area (Å²) in [6, 6.07) is 14.8. The highest BCUT2D eigenvalue weighted by molar-refractivity contribution is 5.94. The number of carbonyl (C=O) groups is 2. The van der Waals surface area contributed by atoms with Gasteiger partial charge in [-0.2, -0.15) is 0 Å². The molecule has 8 heteroatoms. The number of pyridine rings is 1. The van der Waals surface area contributed by atoms with Crippen LogP contribution in [0.2, 0.25) is 0 Å². The van der Waals surface area contributed by atoms with Crippen molar-refractivity contribution in [2.45, 2.75) is 19.8 Å². The van der Waals surface area contributed by atoms with Gasteiger partial charge in [0.1, 0.15) is 0 Å². The number of nitrogens with zero attached hydrogens (tertiary/aromatic N) is 4. The SMILES string of the molecule is CC(=O)Nc1ccc(NC(=O)C2CCCN(c3ccc(-c4ccncc4)nn3)C2)cc1. The largest absolute Gasteiger partial charge is 0.354 e. The van der Waals surface area contributed by atoms with E-state index in [-0.39, 0.29) is 17.7 Å². The molecule has 3 heterocycles. The fourth-order valence-corrected chi connectivity index (χ4v) is 3.65. The molecule has 4 rings (SSSR count). The lowest BCUT2D eigenvalue weighted by Crippen LogP contribution is -2.41. The Hall–Kier alpha value is -3.81. The number of aromatic nitrogens is 3. The van der Waals surface area contributed by atoms with Gasteiger partial charge in [-0.1, -0.05) is 0 Å². The predicted molar refractivity (Wildman–Crippen MR) is 120 cm³/mol. The smallest absolute Gasteiger partial charge is 0.229 e. The fraction of sp³-hybridized carbons (Fsp3) is 0.261. The molecule has 3 aromatic rings. The number of benzene rings is 1. The number of hydrogen-bond donors (Lipinski definition) is 2. The minimum atomic E-state index is -0.134. The fourth-order valence-electron chi connectivity index (χ4n) is 3.65. The van der Waals surface area contributed by atoms with E-state index in [9.17, 15) is 9.59 Å². The molecule has 1 saturated heterocycles. The van der Waals surface area contributed by atoms with Crippen molar-refractivity contribution >= 4 is 29.0 Å². The Morgan fingerprint density at radius 1 is 0.935 bits per heavy atom. The molecule has 31 heavy (non-hydrogen) atoms. The number of amides is 2. The van der Waals surface area contributed by atoms with Crippen molar-refractivity contribution in [2.75, 3.05) is 28.6 Å². The average Bonchev–Trinajstić information content (AvgIpc) is 2.81. The Balaban J connectivity index is 1.37. The standard InChI is InChI=1S/C23H24N6O2/c1-16(30)25-19-4-6-20(7-5-19)26-23(31)18-3-2-14-29(15-18)22-9-8-21(27-28-22)17-10-12-24-13-11-17/h4-13,18H,2-3,14-15H2,1H3,(H,25,30)(H,26,31). The van der Waals surface area contributed by atoms with E-state index in [0.29, 0.717) is 17.9 Å². The lowest BCUT2D eigenvalue weighted by molar-refractivity contribution is -0.120. The summed E-state index contributed by atoms with van der Waals surface area (Å²) in [5, 5.41) is 14.4. The van der Waals surface area contributed by atoms with Gasteiger partial charge in [-0.3, -0.25) is 14.6 Å². The topological polar surface area (TPSA) is 100 Å². The number of nitrogens with one attached hydrogen (secondary N) is 2. The monoisotopic (exact) mass is 416 g/mol. The third-order valence-corrected chi connectivity index (χ3v) is 5.22. The molecule has 0 saturated carbocycles. The van der Waals surface area contributed by atoms with Crippen LogP contribution in [0.15, 0.2) is 60.9 Å². The first-order valence-corrected chi connectivity index (χ1v) is 10.3. The zero-order valence-corrected chi connectivity index (χ0v) is 17.3. The Morgan fingerprint density at radius 3 is 2.29 bits per heavy atom. The van der Waals surface area contributed by atoms with Crippen LogP contribution in [0, 0.1) is 5.92 Å². The van der Waals surface area contributed by atoms with E-state index < -0.39 is 0 Å². The summed E-state index contributed by atoms with van der Waals surface area (Å²) in [5.74, 6) is 0.495. The van der Waals surface area contributed by atoms with E-state index >= 15 is 0 Å². The summed E-state index contributed by atoms with van der Waals surface area (Å²) >= 11 is 0. The van der Waals surface area contributed by atoms with Crippen LogP contribution in [0.25, 0.3) is 11.3 Å². The van der Waals surface area contributed by atoms with Gasteiger partial charge in [-0.15, -0.1) is 10.2 Å². The molecular formula is C23H24N6O2. The van der Waals surface area contributed by atoms with Gasteiger partial charge in [-0.05, 0) is 61.4 Å². The van der Waals surface area contributed by atoms with Crippen LogP contribution in [0.5, 0.6) is 0 Å². The molecule has 1 fully saturated rings. The second-order valence-electron chi connectivity index (χ2n) is 7.55. The van der Waals surface area contributed by atoms with E-state index in [0.717, 1.165) is 36.5 Å². The molecule has 0 bridgehead atoms. The number of carbonyl (C=O) groups excluding carboxylic acids is 2. The van der Waals surface area contributed by atoms with Crippen molar-refractivity contribution in [2.24, 2.45) is 5.92 Å². The zero-order chi connectivity index (χ0) is 21.6. The highest BCUT2D eigenvalue weighted by Crippen LogP contribution is 2.24. The van der Waals surface area contributed by atoms with Crippen LogP contribution < -0.4 is 15.5 Å². The van der Waals surface area contributed by atoms with Crippen molar-refractivity contribution in [3.63, 3.8) is 0 Å². The molecule has 0 radical (unpaired) electrons. The van der Waals surface area contributed by atoms with Gasteiger partial charge in [0.05, 0.1) is 11.6 Å². The second kappa shape index (κ2) is 9.34. The van der Waals surface area contributed by atoms with E-state index in [1.807, 2.05) is 24.3 Å². The minimum Gasteiger partial charge on any atom is -0.354 e. The molecule has 1 unspecified atom stereocenters. The molecule has 2 amide bonds. The van der Waals surface area contributed by atoms with Gasteiger partial charge in [0, 0.05) is 49.3 Å². The number of piperidine rings is 1. The van der Waals surface area contributed by atoms with E-state index in [4.69, 9.17) is 0 Å². The van der Waals surface area contributed by atoms with E-state index in [1.165, 1.54) is 6.92 Å². The highest BCUT2D eigenvalue weighted by atomic mass is 16.2. The lowest BCUT2D eigenvalue weighted by atomic mass is 9.97. The summed E-state index contributed by atoms with van der Waals surface area (Å²) in [6.07, 6.45) is 5.19. The zero-order valence-electron chi connectivity index (χ0n) is 17.3. The molecule has 1 aromatic carbocycles. The Kier molecular flexibility index (Phi) is 6.16. The first-order chi connectivity index (χ1) is 15.1. The lowest BCUT2D eigenvalue weighted by Gasteiger charge is -2.32. The number of hydrogen-bond acceptors (Lipinski definition) is 6. The third-order valence-electron chi connectivity index (χ3n) is 5.22. The van der Waals surface area contributed by atoms with E-state index in [1.54, 1.807) is 36.7 Å². The van der Waals surface area contributed by atoms with Crippen LogP contribution in [-0.4, -0.2) is 40.1 Å². The summed E-state index contributed by atoms with van der Waals surface area (Å²) < 4.78 is 0. The van der Waals surface area contributed by atoms with Gasteiger partial charge >= 0.3 is 0 Å². The van der Waals surface area contributed by atoms with Crippen LogP contribution >= 0.6 is 0 Å². The summed E-state index contributed by atoms with van der Waals surface area (Å²) in [6.45, 7) is 2.90. The van der Waals surface area contributed by atoms with Crippen molar-refractivity contribution in [3.8, 4) is 11.3 Å². The maximum absolute atomic E-state index is 12.8. The first-order valence-electron chi connectivity index (χ1n) is 10.3. The second-order valence-corrected chi connectivity index (χ2v) is 7.55. The number of anilines is 3. The van der Waals surface area contributed by atoms with Gasteiger partial charge in [-0.25, -0.2) is 0 Å². The predicted octanol–water partition coefficient (Wildman–Crippen LogP) is 3.35. The van der Waals surface area contributed by atoms with Crippen LogP contribution in [0.4, 0.5) is 17.2 Å². The Morgan fingerprint density at radius 2 is 1.65 bits per heavy atom. The van der Waals surface area contributed by atoms with Gasteiger partial charge in [0.25, 0.3) is 0 Å². The summed E-state index contributed by atoms with van der Waals surface area (Å²) in [5.41, 5.74) is 3.16. The molecule has 1 atom stereocenters. The highest BCUT2D eigenvalue weighted by Gasteiger charge is 2.27. The molecular weight excluding hydrogens is 392 g/mol. The Bertz CT molecular complexity index is 1040. The van der Waals surface area contributed by atoms with Gasteiger partial charge < -0.3 is 15.5 Å².